The lowest BCUT2D eigenvalue weighted by Gasteiger charge is -2.05. The molecule has 1 amide bonds. The first kappa shape index (κ1) is 15.0. The number of hydrogen-bond donors (Lipinski definition) is 3. The zero-order valence-corrected chi connectivity index (χ0v) is 13.0. The summed E-state index contributed by atoms with van der Waals surface area (Å²) in [4.78, 5) is 18.9. The lowest BCUT2D eigenvalue weighted by atomic mass is 10.1. The summed E-state index contributed by atoms with van der Waals surface area (Å²) in [6.45, 7) is 0.533. The molecule has 0 radical (unpaired) electrons. The lowest BCUT2D eigenvalue weighted by Crippen LogP contribution is -2.26. The summed E-state index contributed by atoms with van der Waals surface area (Å²) in [6, 6.07) is 1.60. The van der Waals surface area contributed by atoms with Gasteiger partial charge in [0.05, 0.1) is 0 Å². The van der Waals surface area contributed by atoms with Gasteiger partial charge in [-0.05, 0) is 37.9 Å². The van der Waals surface area contributed by atoms with Crippen LogP contribution in [0.5, 0.6) is 0 Å². The summed E-state index contributed by atoms with van der Waals surface area (Å²) in [5.41, 5.74) is 1.57. The first-order chi connectivity index (χ1) is 10.5. The van der Waals surface area contributed by atoms with Gasteiger partial charge < -0.3 is 10.3 Å². The van der Waals surface area contributed by atoms with Crippen molar-refractivity contribution < 1.29 is 13.2 Å². The quantitative estimate of drug-likeness (QED) is 0.722. The molecule has 22 heavy (non-hydrogen) atoms. The zero-order chi connectivity index (χ0) is 15.7. The van der Waals surface area contributed by atoms with Crippen molar-refractivity contribution >= 4 is 27.0 Å². The predicted octanol–water partition coefficient (Wildman–Crippen LogP) is 0.540. The highest BCUT2D eigenvalue weighted by atomic mass is 32.2. The summed E-state index contributed by atoms with van der Waals surface area (Å²) in [6.07, 6.45) is 5.71. The molecule has 0 atom stereocenters. The molecule has 0 bridgehead atoms. The number of H-pyrrole nitrogens is 1. The number of nitrogens with one attached hydrogen (secondary N) is 3. The zero-order valence-electron chi connectivity index (χ0n) is 12.2. The fraction of sp³-hybridized carbons (Fsp3) is 0.429. The molecule has 1 saturated carbocycles. The van der Waals surface area contributed by atoms with E-state index in [0.717, 1.165) is 23.8 Å². The number of aromatic nitrogens is 2. The molecule has 0 unspecified atom stereocenters. The van der Waals surface area contributed by atoms with E-state index in [1.165, 1.54) is 13.2 Å². The van der Waals surface area contributed by atoms with Crippen LogP contribution >= 0.6 is 0 Å². The van der Waals surface area contributed by atoms with Crippen molar-refractivity contribution in [3.8, 4) is 0 Å². The van der Waals surface area contributed by atoms with Gasteiger partial charge in [0.2, 0.25) is 15.9 Å². The van der Waals surface area contributed by atoms with Crippen LogP contribution in [-0.4, -0.2) is 37.9 Å². The van der Waals surface area contributed by atoms with E-state index in [2.05, 4.69) is 20.0 Å². The Hall–Kier alpha value is -1.93. The van der Waals surface area contributed by atoms with Crippen LogP contribution in [0.1, 0.15) is 18.4 Å². The molecule has 2 aromatic heterocycles. The Kier molecular flexibility index (Phi) is 3.88. The Bertz CT molecular complexity index is 809. The summed E-state index contributed by atoms with van der Waals surface area (Å²) in [5.74, 6) is 0.299. The second-order valence-electron chi connectivity index (χ2n) is 5.40. The fourth-order valence-electron chi connectivity index (χ4n) is 2.32. The summed E-state index contributed by atoms with van der Waals surface area (Å²) in [7, 11) is -2.15. The van der Waals surface area contributed by atoms with Gasteiger partial charge >= 0.3 is 0 Å². The van der Waals surface area contributed by atoms with Crippen molar-refractivity contribution in [1.29, 1.82) is 0 Å². The van der Waals surface area contributed by atoms with Crippen LogP contribution in [0.4, 0.5) is 0 Å². The van der Waals surface area contributed by atoms with Crippen LogP contribution in [0.2, 0.25) is 0 Å². The van der Waals surface area contributed by atoms with Gasteiger partial charge in [-0.15, -0.1) is 0 Å². The number of carbonyl (C=O) groups excluding carboxylic acids is 1. The minimum atomic E-state index is -3.52. The van der Waals surface area contributed by atoms with Gasteiger partial charge in [0, 0.05) is 30.2 Å². The monoisotopic (exact) mass is 322 g/mol. The van der Waals surface area contributed by atoms with E-state index < -0.39 is 10.0 Å². The average Bonchev–Trinajstić information content (AvgIpc) is 3.29. The molecule has 1 aliphatic rings. The molecule has 0 aliphatic heterocycles. The smallest absolute Gasteiger partial charge is 0.241 e. The molecule has 2 heterocycles. The minimum absolute atomic E-state index is 0.108. The third kappa shape index (κ3) is 2.97. The number of fused-ring (bicyclic) bond motifs is 1. The average molecular weight is 322 g/mol. The summed E-state index contributed by atoms with van der Waals surface area (Å²) >= 11 is 0. The first-order valence-electron chi connectivity index (χ1n) is 7.18. The number of hydrogen-bond acceptors (Lipinski definition) is 4. The van der Waals surface area contributed by atoms with E-state index in [-0.39, 0.29) is 16.7 Å². The van der Waals surface area contributed by atoms with Crippen LogP contribution in [0.15, 0.2) is 23.4 Å². The van der Waals surface area contributed by atoms with Crippen LogP contribution < -0.4 is 10.0 Å². The van der Waals surface area contributed by atoms with Crippen molar-refractivity contribution in [2.75, 3.05) is 13.6 Å². The Morgan fingerprint density at radius 2 is 2.23 bits per heavy atom. The van der Waals surface area contributed by atoms with Gasteiger partial charge in [0.15, 0.2) is 0 Å². The maximum Gasteiger partial charge on any atom is 0.241 e. The number of amides is 1. The first-order valence-corrected chi connectivity index (χ1v) is 8.67. The second-order valence-corrected chi connectivity index (χ2v) is 7.29. The predicted molar refractivity (Wildman–Crippen MR) is 81.8 cm³/mol. The number of sulfonamides is 1. The Morgan fingerprint density at radius 3 is 2.91 bits per heavy atom. The Balaban J connectivity index is 1.77. The number of nitrogens with zero attached hydrogens (tertiary/aromatic N) is 1. The van der Waals surface area contributed by atoms with Crippen molar-refractivity contribution in [2.45, 2.75) is 24.2 Å². The Labute approximate surface area is 128 Å². The van der Waals surface area contributed by atoms with Gasteiger partial charge in [0.1, 0.15) is 10.5 Å². The molecular weight excluding hydrogens is 304 g/mol. The normalized spacial score (nSPS) is 15.1. The molecule has 1 fully saturated rings. The molecule has 7 nitrogen and oxygen atoms in total. The van der Waals surface area contributed by atoms with E-state index in [1.54, 1.807) is 12.3 Å². The molecule has 0 saturated heterocycles. The topological polar surface area (TPSA) is 104 Å². The summed E-state index contributed by atoms with van der Waals surface area (Å²) < 4.78 is 26.0. The van der Waals surface area contributed by atoms with Crippen molar-refractivity contribution in [3.63, 3.8) is 0 Å². The maximum absolute atomic E-state index is 11.8. The largest absolute Gasteiger partial charge is 0.356 e. The van der Waals surface area contributed by atoms with Crippen LogP contribution in [0.3, 0.4) is 0 Å². The van der Waals surface area contributed by atoms with Gasteiger partial charge in [-0.3, -0.25) is 4.79 Å². The number of pyridine rings is 1. The third-order valence-electron chi connectivity index (χ3n) is 3.81. The van der Waals surface area contributed by atoms with Crippen molar-refractivity contribution in [1.82, 2.24) is 20.0 Å². The fourth-order valence-corrected chi connectivity index (χ4v) is 3.02. The molecule has 118 valence electrons. The third-order valence-corrected chi connectivity index (χ3v) is 5.19. The highest BCUT2D eigenvalue weighted by Gasteiger charge is 2.29. The van der Waals surface area contributed by atoms with E-state index in [4.69, 9.17) is 0 Å². The van der Waals surface area contributed by atoms with Crippen molar-refractivity contribution in [2.24, 2.45) is 5.92 Å². The number of rotatable bonds is 6. The van der Waals surface area contributed by atoms with E-state index in [0.29, 0.717) is 18.6 Å². The molecule has 2 aromatic rings. The van der Waals surface area contributed by atoms with Gasteiger partial charge in [-0.25, -0.2) is 18.1 Å². The SMILES string of the molecule is CNS(=O)(=O)c1cnc2[nH]cc(CCNC(=O)C3CC3)c2c1. The molecule has 8 heteroatoms. The van der Waals surface area contributed by atoms with Gasteiger partial charge in [-0.2, -0.15) is 0 Å². The maximum atomic E-state index is 11.8. The van der Waals surface area contributed by atoms with E-state index >= 15 is 0 Å². The highest BCUT2D eigenvalue weighted by Crippen LogP contribution is 2.28. The van der Waals surface area contributed by atoms with Crippen molar-refractivity contribution in [3.05, 3.63) is 24.0 Å². The van der Waals surface area contributed by atoms with E-state index in [1.807, 2.05) is 0 Å². The highest BCUT2D eigenvalue weighted by molar-refractivity contribution is 7.89. The second kappa shape index (κ2) is 5.69. The number of carbonyl (C=O) groups is 1. The summed E-state index contributed by atoms with van der Waals surface area (Å²) in [5, 5.41) is 3.66. The van der Waals surface area contributed by atoms with Gasteiger partial charge in [-0.1, -0.05) is 0 Å². The van der Waals surface area contributed by atoms with Crippen LogP contribution in [0.25, 0.3) is 11.0 Å². The molecule has 0 spiro atoms. The minimum Gasteiger partial charge on any atom is -0.356 e. The number of aromatic amines is 1. The Morgan fingerprint density at radius 1 is 1.45 bits per heavy atom. The standard InChI is InChI=1S/C14H18N4O3S/c1-15-22(20,21)11-6-12-10(7-17-13(12)18-8-11)4-5-16-14(19)9-2-3-9/h6-9,15H,2-5H2,1H3,(H,16,19)(H,17,18). The lowest BCUT2D eigenvalue weighted by molar-refractivity contribution is -0.122. The van der Waals surface area contributed by atoms with E-state index in [9.17, 15) is 13.2 Å². The molecule has 0 aromatic carbocycles. The van der Waals surface area contributed by atoms with Gasteiger partial charge in [0.25, 0.3) is 0 Å². The molecule has 1 aliphatic carbocycles. The van der Waals surface area contributed by atoms with Crippen LogP contribution in [0, 0.1) is 5.92 Å². The van der Waals surface area contributed by atoms with Crippen LogP contribution in [-0.2, 0) is 21.2 Å². The molecule has 3 rings (SSSR count). The molecular formula is C14H18N4O3S. The molecule has 3 N–H and O–H groups in total.